The van der Waals surface area contributed by atoms with Crippen molar-refractivity contribution in [1.82, 2.24) is 4.98 Å². The van der Waals surface area contributed by atoms with E-state index >= 15 is 0 Å². The van der Waals surface area contributed by atoms with Gasteiger partial charge in [0.25, 0.3) is 0 Å². The van der Waals surface area contributed by atoms with Crippen molar-refractivity contribution in [3.8, 4) is 0 Å². The minimum Gasteiger partial charge on any atom is -0.360 e. The van der Waals surface area contributed by atoms with Crippen LogP contribution in [0.5, 0.6) is 0 Å². The van der Waals surface area contributed by atoms with Gasteiger partial charge in [0.05, 0.1) is 0 Å². The molecule has 0 aliphatic rings. The van der Waals surface area contributed by atoms with Gasteiger partial charge in [0, 0.05) is 27.7 Å². The summed E-state index contributed by atoms with van der Waals surface area (Å²) in [6, 6.07) is 5.46. The van der Waals surface area contributed by atoms with Gasteiger partial charge >= 0.3 is 0 Å². The van der Waals surface area contributed by atoms with E-state index in [2.05, 4.69) is 4.98 Å². The van der Waals surface area contributed by atoms with Crippen molar-refractivity contribution in [2.45, 2.75) is 6.92 Å². The van der Waals surface area contributed by atoms with E-state index < -0.39 is 0 Å². The lowest BCUT2D eigenvalue weighted by Gasteiger charge is -1.93. The average molecular weight is 194 g/mol. The molecule has 0 amide bonds. The predicted octanol–water partition coefficient (Wildman–Crippen LogP) is 3.02. The summed E-state index contributed by atoms with van der Waals surface area (Å²) in [5, 5.41) is 1.54. The number of aromatic nitrogens is 1. The summed E-state index contributed by atoms with van der Waals surface area (Å²) in [5.74, 6) is 0.0496. The first kappa shape index (κ1) is 8.32. The highest BCUT2D eigenvalue weighted by Crippen LogP contribution is 2.22. The fourth-order valence-corrected chi connectivity index (χ4v) is 1.56. The smallest absolute Gasteiger partial charge is 0.161 e. The minimum atomic E-state index is 0.0496. The van der Waals surface area contributed by atoms with Crippen LogP contribution in [-0.2, 0) is 0 Å². The Morgan fingerprint density at radius 3 is 2.92 bits per heavy atom. The molecule has 0 spiro atoms. The highest BCUT2D eigenvalue weighted by atomic mass is 35.5. The number of rotatable bonds is 1. The first-order valence-electron chi connectivity index (χ1n) is 3.96. The van der Waals surface area contributed by atoms with Crippen LogP contribution in [0, 0.1) is 0 Å². The number of carbonyl (C=O) groups is 1. The molecule has 0 saturated carbocycles. The summed E-state index contributed by atoms with van der Waals surface area (Å²) in [4.78, 5) is 14.2. The van der Waals surface area contributed by atoms with Crippen LogP contribution in [0.2, 0.25) is 5.02 Å². The third-order valence-corrected chi connectivity index (χ3v) is 2.26. The second-order valence-electron chi connectivity index (χ2n) is 2.95. The van der Waals surface area contributed by atoms with E-state index in [1.165, 1.54) is 0 Å². The molecule has 0 atom stereocenters. The molecular formula is C10H8ClNO. The molecule has 2 aromatic rings. The summed E-state index contributed by atoms with van der Waals surface area (Å²) >= 11 is 5.83. The molecule has 0 bridgehead atoms. The van der Waals surface area contributed by atoms with Gasteiger partial charge in [-0.15, -0.1) is 0 Å². The van der Waals surface area contributed by atoms with Gasteiger partial charge in [-0.25, -0.2) is 0 Å². The van der Waals surface area contributed by atoms with Crippen molar-refractivity contribution in [3.05, 3.63) is 35.0 Å². The lowest BCUT2D eigenvalue weighted by molar-refractivity contribution is 0.101. The topological polar surface area (TPSA) is 32.9 Å². The molecule has 2 nitrogen and oxygen atoms in total. The van der Waals surface area contributed by atoms with Crippen LogP contribution in [-0.4, -0.2) is 10.8 Å². The number of ketones is 1. The van der Waals surface area contributed by atoms with E-state index in [0.717, 1.165) is 10.9 Å². The summed E-state index contributed by atoms with van der Waals surface area (Å²) < 4.78 is 0. The van der Waals surface area contributed by atoms with Crippen molar-refractivity contribution in [1.29, 1.82) is 0 Å². The van der Waals surface area contributed by atoms with Gasteiger partial charge in [-0.2, -0.15) is 0 Å². The summed E-state index contributed by atoms with van der Waals surface area (Å²) in [5.41, 5.74) is 1.63. The molecule has 0 aliphatic carbocycles. The Labute approximate surface area is 80.5 Å². The number of Topliss-reactive ketones (excluding diaryl/α,β-unsaturated/α-hetero) is 1. The van der Waals surface area contributed by atoms with Crippen molar-refractivity contribution >= 4 is 28.3 Å². The Kier molecular flexibility index (Phi) is 1.85. The second kappa shape index (κ2) is 2.89. The molecule has 0 fully saturated rings. The van der Waals surface area contributed by atoms with Gasteiger partial charge in [-0.1, -0.05) is 11.6 Å². The van der Waals surface area contributed by atoms with Gasteiger partial charge in [-0.3, -0.25) is 4.79 Å². The van der Waals surface area contributed by atoms with Gasteiger partial charge in [0.1, 0.15) is 0 Å². The molecule has 1 aromatic carbocycles. The number of H-pyrrole nitrogens is 1. The van der Waals surface area contributed by atoms with E-state index in [4.69, 9.17) is 11.6 Å². The number of benzene rings is 1. The third kappa shape index (κ3) is 1.33. The monoisotopic (exact) mass is 193 g/mol. The maximum atomic E-state index is 11.2. The number of fused-ring (bicyclic) bond motifs is 1. The Bertz CT molecular complexity index is 473. The minimum absolute atomic E-state index is 0.0496. The van der Waals surface area contributed by atoms with Crippen molar-refractivity contribution < 1.29 is 4.79 Å². The molecule has 1 N–H and O–H groups in total. The van der Waals surface area contributed by atoms with Crippen LogP contribution in [0.1, 0.15) is 17.3 Å². The van der Waals surface area contributed by atoms with Crippen molar-refractivity contribution in [2.24, 2.45) is 0 Å². The first-order valence-corrected chi connectivity index (χ1v) is 4.34. The van der Waals surface area contributed by atoms with Crippen LogP contribution in [0.25, 0.3) is 10.9 Å². The number of halogens is 1. The summed E-state index contributed by atoms with van der Waals surface area (Å²) in [7, 11) is 0. The lowest BCUT2D eigenvalue weighted by Crippen LogP contribution is -1.88. The maximum Gasteiger partial charge on any atom is 0.161 e. The van der Waals surface area contributed by atoms with Crippen LogP contribution in [0.4, 0.5) is 0 Å². The number of carbonyl (C=O) groups excluding carboxylic acids is 1. The molecule has 1 aromatic heterocycles. The Hall–Kier alpha value is -1.28. The zero-order chi connectivity index (χ0) is 9.42. The molecule has 1 heterocycles. The first-order chi connectivity index (χ1) is 6.18. The van der Waals surface area contributed by atoms with E-state index in [0.29, 0.717) is 10.6 Å². The number of aromatic amines is 1. The zero-order valence-corrected chi connectivity index (χ0v) is 7.85. The summed E-state index contributed by atoms with van der Waals surface area (Å²) in [6.07, 6.45) is 1.71. The van der Waals surface area contributed by atoms with Gasteiger partial charge in [0.15, 0.2) is 5.78 Å². The van der Waals surface area contributed by atoms with E-state index in [1.54, 1.807) is 25.3 Å². The molecular weight excluding hydrogens is 186 g/mol. The Balaban J connectivity index is 2.79. The largest absolute Gasteiger partial charge is 0.360 e. The van der Waals surface area contributed by atoms with E-state index in [9.17, 15) is 4.79 Å². The molecule has 0 radical (unpaired) electrons. The fraction of sp³-hybridized carbons (Fsp3) is 0.100. The van der Waals surface area contributed by atoms with E-state index in [1.807, 2.05) is 6.07 Å². The number of nitrogens with one attached hydrogen (secondary N) is 1. The molecule has 3 heteroatoms. The standard InChI is InChI=1S/C10H8ClNO/c1-6(13)9-5-12-10-3-2-7(11)4-8(9)10/h2-5,12H,1H3. The van der Waals surface area contributed by atoms with Crippen molar-refractivity contribution in [3.63, 3.8) is 0 Å². The van der Waals surface area contributed by atoms with Gasteiger partial charge in [-0.05, 0) is 25.1 Å². The second-order valence-corrected chi connectivity index (χ2v) is 3.38. The average Bonchev–Trinajstić information content (AvgIpc) is 2.46. The molecule has 66 valence electrons. The van der Waals surface area contributed by atoms with E-state index in [-0.39, 0.29) is 5.78 Å². The Morgan fingerprint density at radius 1 is 1.46 bits per heavy atom. The zero-order valence-electron chi connectivity index (χ0n) is 7.10. The lowest BCUT2D eigenvalue weighted by atomic mass is 10.1. The van der Waals surface area contributed by atoms with Gasteiger partial charge < -0.3 is 4.98 Å². The molecule has 0 unspecified atom stereocenters. The highest BCUT2D eigenvalue weighted by Gasteiger charge is 2.07. The fourth-order valence-electron chi connectivity index (χ4n) is 1.38. The van der Waals surface area contributed by atoms with Crippen LogP contribution in [0.3, 0.4) is 0 Å². The van der Waals surface area contributed by atoms with Crippen LogP contribution in [0.15, 0.2) is 24.4 Å². The molecule has 13 heavy (non-hydrogen) atoms. The SMILES string of the molecule is CC(=O)c1c[nH]c2ccc(Cl)cc12. The van der Waals surface area contributed by atoms with Crippen molar-refractivity contribution in [2.75, 3.05) is 0 Å². The quantitative estimate of drug-likeness (QED) is 0.694. The summed E-state index contributed by atoms with van der Waals surface area (Å²) in [6.45, 7) is 1.55. The number of hydrogen-bond acceptors (Lipinski definition) is 1. The maximum absolute atomic E-state index is 11.2. The number of hydrogen-bond donors (Lipinski definition) is 1. The molecule has 2 rings (SSSR count). The molecule has 0 saturated heterocycles. The predicted molar refractivity (Wildman–Crippen MR) is 53.3 cm³/mol. The van der Waals surface area contributed by atoms with Gasteiger partial charge in [0.2, 0.25) is 0 Å². The normalized spacial score (nSPS) is 10.6. The third-order valence-electron chi connectivity index (χ3n) is 2.02. The molecule has 0 aliphatic heterocycles. The highest BCUT2D eigenvalue weighted by molar-refractivity contribution is 6.31. The van der Waals surface area contributed by atoms with Crippen LogP contribution < -0.4 is 0 Å². The Morgan fingerprint density at radius 2 is 2.23 bits per heavy atom. The van der Waals surface area contributed by atoms with Crippen LogP contribution >= 0.6 is 11.6 Å².